The molecule has 0 aliphatic rings. The lowest BCUT2D eigenvalue weighted by molar-refractivity contribution is 0.583. The van der Waals surface area contributed by atoms with E-state index in [2.05, 4.69) is 20.2 Å². The molecule has 104 valence electrons. The van der Waals surface area contributed by atoms with E-state index >= 15 is 0 Å². The SMILES string of the molecule is CNCc1sc(S(=O)(=O)NCc2cn[nH]c2)cc1C. The van der Waals surface area contributed by atoms with E-state index in [-0.39, 0.29) is 6.54 Å². The lowest BCUT2D eigenvalue weighted by Gasteiger charge is -2.02. The summed E-state index contributed by atoms with van der Waals surface area (Å²) in [6.45, 7) is 2.82. The minimum absolute atomic E-state index is 0.233. The molecule has 19 heavy (non-hydrogen) atoms. The van der Waals surface area contributed by atoms with Crippen molar-refractivity contribution in [3.63, 3.8) is 0 Å². The summed E-state index contributed by atoms with van der Waals surface area (Å²) in [5, 5.41) is 9.44. The van der Waals surface area contributed by atoms with Gasteiger partial charge in [0.1, 0.15) is 4.21 Å². The number of aryl methyl sites for hydroxylation is 1. The fourth-order valence-electron chi connectivity index (χ4n) is 1.58. The third kappa shape index (κ3) is 3.41. The fourth-order valence-corrected chi connectivity index (χ4v) is 4.24. The monoisotopic (exact) mass is 300 g/mol. The van der Waals surface area contributed by atoms with Crippen molar-refractivity contribution >= 4 is 21.4 Å². The number of aromatic nitrogens is 2. The Kier molecular flexibility index (Phi) is 4.35. The quantitative estimate of drug-likeness (QED) is 0.742. The molecule has 3 N–H and O–H groups in total. The van der Waals surface area contributed by atoms with Crippen LogP contribution < -0.4 is 10.0 Å². The zero-order chi connectivity index (χ0) is 13.9. The van der Waals surface area contributed by atoms with Crippen LogP contribution in [0, 0.1) is 6.92 Å². The van der Waals surface area contributed by atoms with Crippen molar-refractivity contribution in [2.24, 2.45) is 0 Å². The number of nitrogens with zero attached hydrogens (tertiary/aromatic N) is 1. The van der Waals surface area contributed by atoms with Crippen molar-refractivity contribution in [3.05, 3.63) is 34.5 Å². The summed E-state index contributed by atoms with van der Waals surface area (Å²) in [6.07, 6.45) is 3.25. The summed E-state index contributed by atoms with van der Waals surface area (Å²) in [6, 6.07) is 1.70. The highest BCUT2D eigenvalue weighted by Gasteiger charge is 2.18. The van der Waals surface area contributed by atoms with Crippen LogP contribution in [0.4, 0.5) is 0 Å². The van der Waals surface area contributed by atoms with Crippen LogP contribution in [0.15, 0.2) is 22.7 Å². The molecule has 0 amide bonds. The summed E-state index contributed by atoms with van der Waals surface area (Å²) >= 11 is 1.29. The van der Waals surface area contributed by atoms with Crippen molar-refractivity contribution in [1.29, 1.82) is 0 Å². The zero-order valence-corrected chi connectivity index (χ0v) is 12.4. The van der Waals surface area contributed by atoms with E-state index in [9.17, 15) is 8.42 Å². The molecule has 2 aromatic rings. The molecule has 0 spiro atoms. The number of thiophene rings is 1. The van der Waals surface area contributed by atoms with Gasteiger partial charge in [-0.15, -0.1) is 11.3 Å². The second-order valence-corrected chi connectivity index (χ2v) is 7.26. The van der Waals surface area contributed by atoms with E-state index in [0.717, 1.165) is 16.0 Å². The molecule has 0 saturated heterocycles. The van der Waals surface area contributed by atoms with E-state index in [1.807, 2.05) is 14.0 Å². The largest absolute Gasteiger partial charge is 0.315 e. The lowest BCUT2D eigenvalue weighted by Crippen LogP contribution is -2.22. The molecule has 0 bridgehead atoms. The minimum atomic E-state index is -3.46. The molecule has 2 rings (SSSR count). The van der Waals surface area contributed by atoms with Gasteiger partial charge in [-0.2, -0.15) is 5.10 Å². The number of rotatable bonds is 6. The Morgan fingerprint density at radius 3 is 2.84 bits per heavy atom. The molecule has 8 heteroatoms. The van der Waals surface area contributed by atoms with Gasteiger partial charge in [0.25, 0.3) is 0 Å². The summed E-state index contributed by atoms with van der Waals surface area (Å²) < 4.78 is 27.2. The van der Waals surface area contributed by atoms with Crippen LogP contribution in [0.1, 0.15) is 16.0 Å². The van der Waals surface area contributed by atoms with Gasteiger partial charge < -0.3 is 5.32 Å². The Morgan fingerprint density at radius 2 is 2.21 bits per heavy atom. The van der Waals surface area contributed by atoms with Gasteiger partial charge in [-0.05, 0) is 25.6 Å². The van der Waals surface area contributed by atoms with Crippen molar-refractivity contribution in [3.8, 4) is 0 Å². The first-order chi connectivity index (χ1) is 9.03. The highest BCUT2D eigenvalue weighted by Crippen LogP contribution is 2.25. The fraction of sp³-hybridized carbons (Fsp3) is 0.364. The van der Waals surface area contributed by atoms with Crippen molar-refractivity contribution in [1.82, 2.24) is 20.2 Å². The Hall–Kier alpha value is -1.22. The number of hydrogen-bond donors (Lipinski definition) is 3. The second-order valence-electron chi connectivity index (χ2n) is 4.13. The van der Waals surface area contributed by atoms with Crippen molar-refractivity contribution in [2.45, 2.75) is 24.2 Å². The van der Waals surface area contributed by atoms with Crippen molar-refractivity contribution < 1.29 is 8.42 Å². The summed E-state index contributed by atoms with van der Waals surface area (Å²) in [4.78, 5) is 1.03. The van der Waals surface area contributed by atoms with Crippen LogP contribution in [0.2, 0.25) is 0 Å². The standard InChI is InChI=1S/C11H16N4O2S2/c1-8-3-11(18-10(8)7-12-2)19(16,17)15-6-9-4-13-14-5-9/h3-5,12,15H,6-7H2,1-2H3,(H,13,14). The van der Waals surface area contributed by atoms with Crippen LogP contribution in [0.3, 0.4) is 0 Å². The molecule has 0 aliphatic heterocycles. The molecule has 2 aromatic heterocycles. The molecule has 0 unspecified atom stereocenters. The third-order valence-corrected chi connectivity index (χ3v) is 5.73. The molecule has 0 fully saturated rings. The van der Waals surface area contributed by atoms with Gasteiger partial charge in [-0.25, -0.2) is 13.1 Å². The Bertz CT molecular complexity index is 632. The molecule has 2 heterocycles. The first-order valence-corrected chi connectivity index (χ1v) is 8.04. The highest BCUT2D eigenvalue weighted by atomic mass is 32.2. The predicted octanol–water partition coefficient (Wildman–Crippen LogP) is 0.978. The lowest BCUT2D eigenvalue weighted by atomic mass is 10.3. The van der Waals surface area contributed by atoms with Gasteiger partial charge in [0.05, 0.1) is 6.20 Å². The Morgan fingerprint density at radius 1 is 1.42 bits per heavy atom. The molecular formula is C11H16N4O2S2. The van der Waals surface area contributed by atoms with E-state index in [4.69, 9.17) is 0 Å². The van der Waals surface area contributed by atoms with Crippen molar-refractivity contribution in [2.75, 3.05) is 7.05 Å². The molecule has 0 atom stereocenters. The molecular weight excluding hydrogens is 284 g/mol. The number of hydrogen-bond acceptors (Lipinski definition) is 5. The maximum atomic E-state index is 12.1. The summed E-state index contributed by atoms with van der Waals surface area (Å²) in [5.41, 5.74) is 1.79. The average Bonchev–Trinajstić information content (AvgIpc) is 2.98. The molecule has 0 aliphatic carbocycles. The first-order valence-electron chi connectivity index (χ1n) is 5.74. The van der Waals surface area contributed by atoms with Gasteiger partial charge in [0, 0.05) is 29.7 Å². The van der Waals surface area contributed by atoms with E-state index in [1.54, 1.807) is 18.5 Å². The third-order valence-electron chi connectivity index (χ3n) is 2.62. The smallest absolute Gasteiger partial charge is 0.250 e. The van der Waals surface area contributed by atoms with Crippen LogP contribution in [-0.2, 0) is 23.1 Å². The van der Waals surface area contributed by atoms with Crippen LogP contribution in [0.25, 0.3) is 0 Å². The molecule has 6 nitrogen and oxygen atoms in total. The molecule has 0 aromatic carbocycles. The average molecular weight is 300 g/mol. The van der Waals surface area contributed by atoms with Crippen LogP contribution in [-0.4, -0.2) is 25.7 Å². The van der Waals surface area contributed by atoms with Gasteiger partial charge in [-0.1, -0.05) is 0 Å². The normalized spacial score (nSPS) is 11.9. The molecule has 0 saturated carbocycles. The van der Waals surface area contributed by atoms with Gasteiger partial charge in [0.2, 0.25) is 10.0 Å². The predicted molar refractivity (Wildman–Crippen MR) is 74.4 cm³/mol. The first kappa shape index (κ1) is 14.2. The van der Waals surface area contributed by atoms with E-state index in [0.29, 0.717) is 10.8 Å². The number of aromatic amines is 1. The number of sulfonamides is 1. The van der Waals surface area contributed by atoms with Gasteiger partial charge in [0.15, 0.2) is 0 Å². The van der Waals surface area contributed by atoms with E-state index < -0.39 is 10.0 Å². The van der Waals surface area contributed by atoms with Gasteiger partial charge in [-0.3, -0.25) is 5.10 Å². The summed E-state index contributed by atoms with van der Waals surface area (Å²) in [5.74, 6) is 0. The van der Waals surface area contributed by atoms with Crippen LogP contribution in [0.5, 0.6) is 0 Å². The van der Waals surface area contributed by atoms with E-state index in [1.165, 1.54) is 11.3 Å². The number of H-pyrrole nitrogens is 1. The zero-order valence-electron chi connectivity index (χ0n) is 10.7. The maximum Gasteiger partial charge on any atom is 0.250 e. The summed E-state index contributed by atoms with van der Waals surface area (Å²) in [7, 11) is -1.62. The second kappa shape index (κ2) is 5.83. The minimum Gasteiger partial charge on any atom is -0.315 e. The number of nitrogens with one attached hydrogen (secondary N) is 3. The topological polar surface area (TPSA) is 86.9 Å². The van der Waals surface area contributed by atoms with Crippen LogP contribution >= 0.6 is 11.3 Å². The maximum absolute atomic E-state index is 12.1. The molecule has 0 radical (unpaired) electrons. The Balaban J connectivity index is 2.12. The highest BCUT2D eigenvalue weighted by molar-refractivity contribution is 7.91. The van der Waals surface area contributed by atoms with Gasteiger partial charge >= 0.3 is 0 Å². The Labute approximate surface area is 116 Å².